The van der Waals surface area contributed by atoms with Crippen LogP contribution in [0, 0.1) is 0 Å². The molecule has 2 aliphatic heterocycles. The minimum Gasteiger partial charge on any atom is -0.488 e. The number of pyridine rings is 1. The van der Waals surface area contributed by atoms with Gasteiger partial charge in [0.2, 0.25) is 5.91 Å². The molecule has 1 saturated heterocycles. The number of nitrogens with zero attached hydrogens (tertiary/aromatic N) is 3. The molecular weight excluding hydrogens is 432 g/mol. The second-order valence-corrected chi connectivity index (χ2v) is 9.59. The summed E-state index contributed by atoms with van der Waals surface area (Å²) in [6.07, 6.45) is 4.90. The molecule has 2 aromatic carbocycles. The number of hydrogen-bond donors (Lipinski definition) is 1. The fraction of sp³-hybridized carbons (Fsp3) is 0.308. The SMILES string of the molecule is CN1CCN(c2ccc(Sc3cccc4c3CCC(=O)N4)c(OCc3cccnc3)c2)CC1. The zero-order chi connectivity index (χ0) is 22.6. The van der Waals surface area contributed by atoms with Crippen LogP contribution in [0.15, 0.2) is 70.7 Å². The summed E-state index contributed by atoms with van der Waals surface area (Å²) in [5.74, 6) is 0.958. The number of anilines is 2. The third kappa shape index (κ3) is 5.15. The van der Waals surface area contributed by atoms with Gasteiger partial charge in [-0.1, -0.05) is 23.9 Å². The van der Waals surface area contributed by atoms with Gasteiger partial charge in [-0.2, -0.15) is 0 Å². The van der Waals surface area contributed by atoms with Crippen molar-refractivity contribution in [2.75, 3.05) is 43.4 Å². The lowest BCUT2D eigenvalue weighted by atomic mass is 10.0. The van der Waals surface area contributed by atoms with Crippen molar-refractivity contribution in [3.63, 3.8) is 0 Å². The minimum absolute atomic E-state index is 0.0849. The average molecular weight is 461 g/mol. The van der Waals surface area contributed by atoms with E-state index in [0.717, 1.165) is 59.4 Å². The van der Waals surface area contributed by atoms with E-state index in [9.17, 15) is 4.79 Å². The average Bonchev–Trinajstić information content (AvgIpc) is 2.84. The molecule has 2 aliphatic rings. The zero-order valence-electron chi connectivity index (χ0n) is 18.8. The largest absolute Gasteiger partial charge is 0.488 e. The number of hydrogen-bond acceptors (Lipinski definition) is 6. The maximum Gasteiger partial charge on any atom is 0.224 e. The van der Waals surface area contributed by atoms with Crippen molar-refractivity contribution < 1.29 is 9.53 Å². The Bertz CT molecular complexity index is 1130. The van der Waals surface area contributed by atoms with Crippen LogP contribution in [0.1, 0.15) is 17.5 Å². The van der Waals surface area contributed by atoms with Crippen molar-refractivity contribution in [3.8, 4) is 5.75 Å². The molecule has 0 saturated carbocycles. The first kappa shape index (κ1) is 21.8. The molecule has 7 heteroatoms. The van der Waals surface area contributed by atoms with Crippen molar-refractivity contribution in [1.82, 2.24) is 9.88 Å². The summed E-state index contributed by atoms with van der Waals surface area (Å²) < 4.78 is 6.34. The van der Waals surface area contributed by atoms with E-state index < -0.39 is 0 Å². The number of ether oxygens (including phenoxy) is 1. The van der Waals surface area contributed by atoms with E-state index in [4.69, 9.17) is 4.74 Å². The van der Waals surface area contributed by atoms with E-state index in [1.54, 1.807) is 18.0 Å². The number of piperazine rings is 1. The second-order valence-electron chi connectivity index (χ2n) is 8.50. The highest BCUT2D eigenvalue weighted by Gasteiger charge is 2.20. The quantitative estimate of drug-likeness (QED) is 0.587. The predicted molar refractivity (Wildman–Crippen MR) is 132 cm³/mol. The maximum atomic E-state index is 11.8. The Kier molecular flexibility index (Phi) is 6.51. The van der Waals surface area contributed by atoms with Gasteiger partial charge >= 0.3 is 0 Å². The Balaban J connectivity index is 1.43. The van der Waals surface area contributed by atoms with Crippen LogP contribution < -0.4 is 15.0 Å². The number of benzene rings is 2. The molecule has 33 heavy (non-hydrogen) atoms. The zero-order valence-corrected chi connectivity index (χ0v) is 19.6. The maximum absolute atomic E-state index is 11.8. The van der Waals surface area contributed by atoms with Crippen LogP contribution in [0.4, 0.5) is 11.4 Å². The third-order valence-electron chi connectivity index (χ3n) is 6.14. The van der Waals surface area contributed by atoms with Crippen molar-refractivity contribution in [1.29, 1.82) is 0 Å². The topological polar surface area (TPSA) is 57.7 Å². The molecule has 1 aromatic heterocycles. The monoisotopic (exact) mass is 460 g/mol. The van der Waals surface area contributed by atoms with Crippen LogP contribution in [0.5, 0.6) is 5.75 Å². The Labute approximate surface area is 199 Å². The first-order valence-corrected chi connectivity index (χ1v) is 12.2. The van der Waals surface area contributed by atoms with Gasteiger partial charge in [-0.05, 0) is 49.4 Å². The van der Waals surface area contributed by atoms with E-state index in [1.165, 1.54) is 11.3 Å². The molecule has 0 radical (unpaired) electrons. The lowest BCUT2D eigenvalue weighted by Crippen LogP contribution is -2.44. The summed E-state index contributed by atoms with van der Waals surface area (Å²) in [6, 6.07) is 16.6. The molecule has 3 aromatic rings. The highest BCUT2D eigenvalue weighted by atomic mass is 32.2. The fourth-order valence-corrected chi connectivity index (χ4v) is 5.28. The smallest absolute Gasteiger partial charge is 0.224 e. The van der Waals surface area contributed by atoms with Gasteiger partial charge in [0.15, 0.2) is 0 Å². The minimum atomic E-state index is 0.0849. The second kappa shape index (κ2) is 9.85. The summed E-state index contributed by atoms with van der Waals surface area (Å²) in [4.78, 5) is 23.0. The molecule has 0 atom stereocenters. The van der Waals surface area contributed by atoms with E-state index in [0.29, 0.717) is 13.0 Å². The lowest BCUT2D eigenvalue weighted by molar-refractivity contribution is -0.116. The Hall–Kier alpha value is -3.03. The summed E-state index contributed by atoms with van der Waals surface area (Å²) in [5.41, 5.74) is 4.35. The summed E-state index contributed by atoms with van der Waals surface area (Å²) in [5, 5.41) is 3.00. The summed E-state index contributed by atoms with van der Waals surface area (Å²) in [6.45, 7) is 4.61. The molecule has 170 valence electrons. The van der Waals surface area contributed by atoms with Crippen LogP contribution in [-0.4, -0.2) is 49.0 Å². The van der Waals surface area contributed by atoms with Crippen LogP contribution in [0.25, 0.3) is 0 Å². The van der Waals surface area contributed by atoms with Crippen molar-refractivity contribution in [3.05, 3.63) is 72.1 Å². The molecule has 0 unspecified atom stereocenters. The Morgan fingerprint density at radius 2 is 1.91 bits per heavy atom. The van der Waals surface area contributed by atoms with Crippen molar-refractivity contribution >= 4 is 29.0 Å². The molecule has 5 rings (SSSR count). The first-order chi connectivity index (χ1) is 16.2. The number of carbonyl (C=O) groups excluding carboxylic acids is 1. The van der Waals surface area contributed by atoms with E-state index >= 15 is 0 Å². The highest BCUT2D eigenvalue weighted by Crippen LogP contribution is 2.42. The van der Waals surface area contributed by atoms with Crippen LogP contribution in [0.3, 0.4) is 0 Å². The number of carbonyl (C=O) groups is 1. The van der Waals surface area contributed by atoms with Crippen molar-refractivity contribution in [2.45, 2.75) is 29.2 Å². The van der Waals surface area contributed by atoms with E-state index in [-0.39, 0.29) is 5.91 Å². The number of fused-ring (bicyclic) bond motifs is 1. The molecular formula is C26H28N4O2S. The summed E-state index contributed by atoms with van der Waals surface area (Å²) in [7, 11) is 2.17. The van der Waals surface area contributed by atoms with Crippen LogP contribution in [-0.2, 0) is 17.8 Å². The van der Waals surface area contributed by atoms with E-state index in [1.807, 2.05) is 30.5 Å². The molecule has 3 heterocycles. The molecule has 6 nitrogen and oxygen atoms in total. The van der Waals surface area contributed by atoms with Crippen LogP contribution in [0.2, 0.25) is 0 Å². The normalized spacial score (nSPS) is 16.3. The molecule has 0 bridgehead atoms. The molecule has 1 amide bonds. The van der Waals surface area contributed by atoms with Gasteiger partial charge in [-0.3, -0.25) is 9.78 Å². The molecule has 1 fully saturated rings. The lowest BCUT2D eigenvalue weighted by Gasteiger charge is -2.34. The highest BCUT2D eigenvalue weighted by molar-refractivity contribution is 7.99. The van der Waals surface area contributed by atoms with Gasteiger partial charge in [0.1, 0.15) is 12.4 Å². The number of nitrogens with one attached hydrogen (secondary N) is 1. The van der Waals surface area contributed by atoms with Crippen LogP contribution >= 0.6 is 11.8 Å². The van der Waals surface area contributed by atoms with E-state index in [2.05, 4.69) is 51.4 Å². The fourth-order valence-electron chi connectivity index (χ4n) is 4.21. The Morgan fingerprint density at radius 1 is 1.03 bits per heavy atom. The van der Waals surface area contributed by atoms with Gasteiger partial charge in [-0.25, -0.2) is 0 Å². The number of rotatable bonds is 6. The first-order valence-electron chi connectivity index (χ1n) is 11.3. The van der Waals surface area contributed by atoms with Gasteiger partial charge in [0.05, 0.1) is 4.90 Å². The van der Waals surface area contributed by atoms with Gasteiger partial charge in [0, 0.05) is 72.9 Å². The Morgan fingerprint density at radius 3 is 2.73 bits per heavy atom. The number of aromatic nitrogens is 1. The molecule has 1 N–H and O–H groups in total. The third-order valence-corrected chi connectivity index (χ3v) is 7.30. The van der Waals surface area contributed by atoms with Gasteiger partial charge in [0.25, 0.3) is 0 Å². The standard InChI is InChI=1S/C26H28N4O2S/c1-29-12-14-30(15-13-29)20-7-9-25(23(16-20)32-18-19-4-3-11-27-17-19)33-24-6-2-5-22-21(24)8-10-26(31)28-22/h2-7,9,11,16-17H,8,10,12-15,18H2,1H3,(H,28,31). The van der Waals surface area contributed by atoms with Crippen molar-refractivity contribution in [2.24, 2.45) is 0 Å². The molecule has 0 aliphatic carbocycles. The van der Waals surface area contributed by atoms with Gasteiger partial charge in [-0.15, -0.1) is 0 Å². The summed E-state index contributed by atoms with van der Waals surface area (Å²) >= 11 is 1.70. The predicted octanol–water partition coefficient (Wildman–Crippen LogP) is 4.45. The molecule has 0 spiro atoms. The number of amides is 1. The van der Waals surface area contributed by atoms with Gasteiger partial charge < -0.3 is 19.9 Å². The number of likely N-dealkylation sites (N-methyl/N-ethyl adjacent to an activating group) is 1.